The molecular formula is C30H37Cl2N2O5+. The van der Waals surface area contributed by atoms with Crippen molar-refractivity contribution in [3.8, 4) is 23.0 Å². The molecule has 7 nitrogen and oxygen atoms in total. The van der Waals surface area contributed by atoms with Crippen molar-refractivity contribution in [2.75, 3.05) is 41.5 Å². The van der Waals surface area contributed by atoms with Gasteiger partial charge in [-0.2, -0.15) is 0 Å². The van der Waals surface area contributed by atoms with Gasteiger partial charge >= 0.3 is 0 Å². The van der Waals surface area contributed by atoms with Crippen molar-refractivity contribution in [3.05, 3.63) is 65.3 Å². The highest BCUT2D eigenvalue weighted by Gasteiger charge is 2.54. The first kappa shape index (κ1) is 29.3. The van der Waals surface area contributed by atoms with Crippen LogP contribution in [0.4, 0.5) is 0 Å². The Hall–Kier alpha value is -2.71. The van der Waals surface area contributed by atoms with Crippen molar-refractivity contribution in [1.82, 2.24) is 4.98 Å². The molecule has 3 aromatic rings. The van der Waals surface area contributed by atoms with Crippen molar-refractivity contribution in [1.29, 1.82) is 0 Å². The molecule has 6 rings (SSSR count). The maximum Gasteiger partial charge on any atom is 0.204 e. The monoisotopic (exact) mass is 575 g/mol. The number of halogens is 2. The predicted molar refractivity (Wildman–Crippen MR) is 156 cm³/mol. The van der Waals surface area contributed by atoms with Gasteiger partial charge in [-0.25, -0.2) is 0 Å². The first-order valence-electron chi connectivity index (χ1n) is 13.0. The van der Waals surface area contributed by atoms with Crippen molar-refractivity contribution < 1.29 is 28.5 Å². The third-order valence-electron chi connectivity index (χ3n) is 8.67. The van der Waals surface area contributed by atoms with Gasteiger partial charge in [-0.15, -0.1) is 19.0 Å². The van der Waals surface area contributed by atoms with E-state index in [0.717, 1.165) is 53.7 Å². The summed E-state index contributed by atoms with van der Waals surface area (Å²) in [4.78, 5) is 4.53. The maximum atomic E-state index is 12.1. The summed E-state index contributed by atoms with van der Waals surface area (Å²) < 4.78 is 23.0. The molecule has 2 aromatic carbocycles. The number of pyridine rings is 1. The molecule has 1 aromatic heterocycles. The minimum atomic E-state index is -0.693. The Bertz CT molecular complexity index is 1350. The number of hydrogen-bond acceptors (Lipinski definition) is 6. The van der Waals surface area contributed by atoms with E-state index in [-0.39, 0.29) is 18.4 Å². The Kier molecular flexibility index (Phi) is 8.86. The molecular weight excluding hydrogens is 539 g/mol. The van der Waals surface area contributed by atoms with E-state index < -0.39 is 6.10 Å². The molecule has 5 atom stereocenters. The number of nitrogens with zero attached hydrogens (tertiary/aromatic N) is 2. The molecule has 0 saturated carbocycles. The number of hydrogen-bond donors (Lipinski definition) is 1. The van der Waals surface area contributed by atoms with Gasteiger partial charge in [0.2, 0.25) is 5.75 Å². The highest BCUT2D eigenvalue weighted by molar-refractivity contribution is 6.33. The van der Waals surface area contributed by atoms with E-state index in [2.05, 4.69) is 17.6 Å². The summed E-state index contributed by atoms with van der Waals surface area (Å²) in [5.41, 5.74) is 2.61. The van der Waals surface area contributed by atoms with Crippen molar-refractivity contribution in [3.63, 3.8) is 0 Å². The number of quaternary nitrogens is 1. The van der Waals surface area contributed by atoms with Crippen LogP contribution in [-0.2, 0) is 6.54 Å². The Morgan fingerprint density at radius 3 is 2.54 bits per heavy atom. The predicted octanol–water partition coefficient (Wildman–Crippen LogP) is 5.99. The van der Waals surface area contributed by atoms with Crippen LogP contribution in [0.3, 0.4) is 0 Å². The second-order valence-electron chi connectivity index (χ2n) is 10.4. The number of fused-ring (bicyclic) bond motifs is 4. The minimum absolute atomic E-state index is 0. The van der Waals surface area contributed by atoms with E-state index in [0.29, 0.717) is 45.1 Å². The van der Waals surface area contributed by atoms with E-state index in [1.165, 1.54) is 0 Å². The Labute approximate surface area is 241 Å². The fourth-order valence-electron chi connectivity index (χ4n) is 6.75. The number of ether oxygens (including phenoxy) is 4. The minimum Gasteiger partial charge on any atom is -0.497 e. The molecule has 0 aliphatic carbocycles. The van der Waals surface area contributed by atoms with Gasteiger partial charge < -0.3 is 28.5 Å². The third-order valence-corrected chi connectivity index (χ3v) is 9.09. The average molecular weight is 577 g/mol. The largest absolute Gasteiger partial charge is 0.497 e. The number of piperidine rings is 3. The van der Waals surface area contributed by atoms with Crippen LogP contribution in [0, 0.1) is 11.8 Å². The number of aromatic nitrogens is 1. The molecule has 4 heterocycles. The molecule has 3 unspecified atom stereocenters. The number of rotatable bonds is 9. The van der Waals surface area contributed by atoms with Gasteiger partial charge in [0.05, 0.1) is 52.1 Å². The fourth-order valence-corrected chi connectivity index (χ4v) is 7.02. The zero-order valence-electron chi connectivity index (χ0n) is 22.9. The zero-order valence-corrected chi connectivity index (χ0v) is 24.4. The maximum absolute atomic E-state index is 12.1. The Morgan fingerprint density at radius 1 is 1.10 bits per heavy atom. The zero-order chi connectivity index (χ0) is 27.0. The van der Waals surface area contributed by atoms with Crippen molar-refractivity contribution >= 4 is 34.9 Å². The van der Waals surface area contributed by atoms with Gasteiger partial charge in [0.1, 0.15) is 24.4 Å². The van der Waals surface area contributed by atoms with Gasteiger partial charge in [0.25, 0.3) is 0 Å². The summed E-state index contributed by atoms with van der Waals surface area (Å²) in [6.45, 7) is 6.60. The smallest absolute Gasteiger partial charge is 0.204 e. The number of aliphatic hydroxyl groups is 1. The summed E-state index contributed by atoms with van der Waals surface area (Å²) in [6, 6.07) is 9.64. The third kappa shape index (κ3) is 5.02. The van der Waals surface area contributed by atoms with E-state index in [1.807, 2.05) is 30.3 Å². The first-order chi connectivity index (χ1) is 18.4. The highest BCUT2D eigenvalue weighted by Crippen LogP contribution is 2.51. The topological polar surface area (TPSA) is 70.0 Å². The lowest BCUT2D eigenvalue weighted by atomic mass is 9.71. The van der Waals surface area contributed by atoms with Gasteiger partial charge in [0, 0.05) is 35.9 Å². The standard InChI is InChI=1S/C30H36ClN2O5.ClH/c1-6-18-16-33(17-20-14-26(36-3)29(37-4)30(38-5)27(20)31)12-10-19(18)13-25(33)28(34)22-9-11-32-24-8-7-21(35-2)15-23(22)24;/h6-9,11,14-15,18-19,25,28,34H,1,10,12-13,16-17H2,2-5H3;1H/q+1;/t18?,19?,25-,28+,33?;/m0./s1. The molecule has 210 valence electrons. The van der Waals surface area contributed by atoms with Gasteiger partial charge in [0.15, 0.2) is 11.5 Å². The molecule has 3 aliphatic heterocycles. The Balaban J connectivity index is 0.00000353. The lowest BCUT2D eigenvalue weighted by Gasteiger charge is -2.58. The van der Waals surface area contributed by atoms with Crippen LogP contribution < -0.4 is 18.9 Å². The molecule has 3 saturated heterocycles. The van der Waals surface area contributed by atoms with E-state index in [4.69, 9.17) is 30.5 Å². The molecule has 3 fully saturated rings. The molecule has 3 aliphatic rings. The van der Waals surface area contributed by atoms with E-state index >= 15 is 0 Å². The van der Waals surface area contributed by atoms with E-state index in [9.17, 15) is 5.11 Å². The van der Waals surface area contributed by atoms with Crippen LogP contribution in [0.15, 0.2) is 49.2 Å². The summed E-state index contributed by atoms with van der Waals surface area (Å²) >= 11 is 6.92. The molecule has 0 spiro atoms. The molecule has 0 radical (unpaired) electrons. The van der Waals surface area contributed by atoms with Gasteiger partial charge in [-0.1, -0.05) is 17.7 Å². The highest BCUT2D eigenvalue weighted by atomic mass is 35.5. The summed E-state index contributed by atoms with van der Waals surface area (Å²) in [5.74, 6) is 3.10. The van der Waals surface area contributed by atoms with Crippen LogP contribution in [0.25, 0.3) is 10.9 Å². The van der Waals surface area contributed by atoms with Crippen LogP contribution in [0.2, 0.25) is 5.02 Å². The van der Waals surface area contributed by atoms with Crippen molar-refractivity contribution in [2.24, 2.45) is 11.8 Å². The Morgan fingerprint density at radius 2 is 1.87 bits per heavy atom. The number of methoxy groups -OCH3 is 4. The quantitative estimate of drug-likeness (QED) is 0.249. The van der Waals surface area contributed by atoms with Crippen molar-refractivity contribution in [2.45, 2.75) is 31.5 Å². The SMILES string of the molecule is C=CC1C[N+]2(Cc3cc(OC)c(OC)c(OC)c3Cl)CCC1C[C@H]2[C@H](O)c1ccnc2ccc(OC)cc12.Cl. The lowest BCUT2D eigenvalue weighted by molar-refractivity contribution is -0.984. The summed E-state index contributed by atoms with van der Waals surface area (Å²) in [5, 5.41) is 13.5. The second kappa shape index (κ2) is 11.8. The lowest BCUT2D eigenvalue weighted by Crippen LogP contribution is -2.67. The normalized spacial score (nSPS) is 24.5. The van der Waals surface area contributed by atoms with E-state index in [1.54, 1.807) is 34.6 Å². The molecule has 9 heteroatoms. The molecule has 1 N–H and O–H groups in total. The molecule has 39 heavy (non-hydrogen) atoms. The van der Waals surface area contributed by atoms with Crippen LogP contribution >= 0.6 is 24.0 Å². The molecule has 2 bridgehead atoms. The summed E-state index contributed by atoms with van der Waals surface area (Å²) in [6.07, 6.45) is 5.14. The number of aliphatic hydroxyl groups excluding tert-OH is 1. The first-order valence-corrected chi connectivity index (χ1v) is 13.3. The number of benzene rings is 2. The van der Waals surface area contributed by atoms with Gasteiger partial charge in [-0.3, -0.25) is 4.98 Å². The van der Waals surface area contributed by atoms with Gasteiger partial charge in [-0.05, 0) is 41.8 Å². The molecule has 0 amide bonds. The average Bonchev–Trinajstić information content (AvgIpc) is 2.96. The van der Waals surface area contributed by atoms with Crippen LogP contribution in [-0.4, -0.2) is 62.1 Å². The second-order valence-corrected chi connectivity index (χ2v) is 10.8. The van der Waals surface area contributed by atoms with Crippen LogP contribution in [0.1, 0.15) is 30.1 Å². The summed E-state index contributed by atoms with van der Waals surface area (Å²) in [7, 11) is 6.41. The fraction of sp³-hybridized carbons (Fsp3) is 0.433. The van der Waals surface area contributed by atoms with Crippen LogP contribution in [0.5, 0.6) is 23.0 Å².